The average molecular weight is 553 g/mol. The number of carboxylic acid groups (broad SMARTS) is 1. The van der Waals surface area contributed by atoms with Gasteiger partial charge in [-0.15, -0.1) is 0 Å². The van der Waals surface area contributed by atoms with Crippen molar-refractivity contribution in [1.29, 1.82) is 0 Å². The van der Waals surface area contributed by atoms with Crippen LogP contribution in [0.3, 0.4) is 0 Å². The molecule has 1 amide bonds. The Labute approximate surface area is 215 Å². The Morgan fingerprint density at radius 2 is 1.83 bits per heavy atom. The van der Waals surface area contributed by atoms with E-state index in [1.807, 2.05) is 0 Å². The molecule has 2 aliphatic rings. The Morgan fingerprint density at radius 1 is 1.11 bits per heavy atom. The van der Waals surface area contributed by atoms with Crippen molar-refractivity contribution in [2.24, 2.45) is 0 Å². The molecule has 0 unspecified atom stereocenters. The fraction of sp³-hybridized carbons (Fsp3) is 0.0909. The Balaban J connectivity index is 1.58. The number of allylic oxidation sites excluding steroid dienone is 2. The van der Waals surface area contributed by atoms with Gasteiger partial charge >= 0.3 is 5.97 Å². The van der Waals surface area contributed by atoms with E-state index in [2.05, 4.69) is 14.8 Å². The first kappa shape index (κ1) is 25.0. The monoisotopic (exact) mass is 552 g/mol. The highest BCUT2D eigenvalue weighted by Gasteiger charge is 2.31. The van der Waals surface area contributed by atoms with E-state index in [4.69, 9.17) is 23.2 Å². The number of sulfonamides is 1. The first-order chi connectivity index (χ1) is 16.6. The number of fused-ring (bicyclic) bond motifs is 1. The summed E-state index contributed by atoms with van der Waals surface area (Å²) < 4.78 is 33.3. The summed E-state index contributed by atoms with van der Waals surface area (Å²) in [4.78, 5) is 24.9. The van der Waals surface area contributed by atoms with Gasteiger partial charge in [0.25, 0.3) is 15.9 Å². The van der Waals surface area contributed by atoms with E-state index in [0.29, 0.717) is 16.3 Å². The summed E-state index contributed by atoms with van der Waals surface area (Å²) in [6.07, 6.45) is 6.25. The van der Waals surface area contributed by atoms with Gasteiger partial charge in [0.15, 0.2) is 0 Å². The SMILES string of the molecule is O=C(N[C@@H](Cc1ccc(Cl)cc1)C(=O)O)c1cc(Cl)ccc1NS(=O)(=O)C1=CC=CN2SNC=C12. The maximum Gasteiger partial charge on any atom is 0.326 e. The van der Waals surface area contributed by atoms with Crippen molar-refractivity contribution < 1.29 is 23.1 Å². The van der Waals surface area contributed by atoms with Gasteiger partial charge in [0, 0.05) is 28.9 Å². The van der Waals surface area contributed by atoms with Gasteiger partial charge < -0.3 is 15.1 Å². The van der Waals surface area contributed by atoms with Gasteiger partial charge in [-0.3, -0.25) is 13.8 Å². The molecule has 0 fully saturated rings. The number of carbonyl (C=O) groups is 2. The number of hydrogen-bond acceptors (Lipinski definition) is 7. The molecule has 2 aromatic rings. The zero-order valence-electron chi connectivity index (χ0n) is 17.7. The predicted octanol–water partition coefficient (Wildman–Crippen LogP) is 3.88. The number of benzene rings is 2. The minimum atomic E-state index is -4.11. The van der Waals surface area contributed by atoms with Gasteiger partial charge in [0.05, 0.1) is 29.1 Å². The third kappa shape index (κ3) is 5.76. The van der Waals surface area contributed by atoms with E-state index >= 15 is 0 Å². The van der Waals surface area contributed by atoms with Crippen LogP contribution in [0.15, 0.2) is 77.6 Å². The number of carboxylic acids is 1. The number of rotatable bonds is 8. The largest absolute Gasteiger partial charge is 0.480 e. The van der Waals surface area contributed by atoms with E-state index in [1.54, 1.807) is 47.0 Å². The molecule has 0 spiro atoms. The van der Waals surface area contributed by atoms with Gasteiger partial charge in [-0.05, 0) is 48.0 Å². The number of hydrogen-bond donors (Lipinski definition) is 4. The Morgan fingerprint density at radius 3 is 2.54 bits per heavy atom. The van der Waals surface area contributed by atoms with Crippen LogP contribution in [0.25, 0.3) is 0 Å². The molecule has 2 heterocycles. The number of anilines is 1. The van der Waals surface area contributed by atoms with Crippen molar-refractivity contribution in [3.63, 3.8) is 0 Å². The Bertz CT molecular complexity index is 1370. The lowest BCUT2D eigenvalue weighted by molar-refractivity contribution is -0.139. The summed E-state index contributed by atoms with van der Waals surface area (Å²) in [7, 11) is -4.11. The van der Waals surface area contributed by atoms with Gasteiger partial charge in [-0.2, -0.15) is 0 Å². The molecule has 0 aliphatic carbocycles. The maximum absolute atomic E-state index is 13.2. The molecular weight excluding hydrogens is 535 g/mol. The number of amides is 1. The molecule has 4 rings (SSSR count). The second-order valence-electron chi connectivity index (χ2n) is 7.43. The number of nitrogens with one attached hydrogen (secondary N) is 3. The zero-order chi connectivity index (χ0) is 25.2. The molecule has 4 N–H and O–H groups in total. The lowest BCUT2D eigenvalue weighted by Gasteiger charge is -2.21. The summed E-state index contributed by atoms with van der Waals surface area (Å²) in [5.41, 5.74) is 0.884. The van der Waals surface area contributed by atoms with Crippen LogP contribution in [-0.2, 0) is 21.2 Å². The van der Waals surface area contributed by atoms with Crippen molar-refractivity contribution in [1.82, 2.24) is 14.3 Å². The number of aliphatic carboxylic acids is 1. The molecule has 0 radical (unpaired) electrons. The lowest BCUT2D eigenvalue weighted by Crippen LogP contribution is -2.42. The molecule has 13 heteroatoms. The van der Waals surface area contributed by atoms with Crippen molar-refractivity contribution in [3.05, 3.63) is 98.8 Å². The van der Waals surface area contributed by atoms with Gasteiger partial charge in [-0.1, -0.05) is 35.3 Å². The standard InChI is InChI=1S/C22H18Cl2N4O5S2/c23-14-5-3-13(4-6-14)10-18(22(30)31)26-21(29)16-11-15(24)7-8-17(16)27-35(32,33)20-2-1-9-28-19(20)12-25-34-28/h1-9,11-12,18,25,27H,10H2,(H,26,29)(H,30,31)/t18-/m0/s1. The minimum Gasteiger partial charge on any atom is -0.480 e. The first-order valence-electron chi connectivity index (χ1n) is 10.1. The normalized spacial score (nSPS) is 15.4. The Hall–Kier alpha value is -3.12. The molecule has 0 bridgehead atoms. The van der Waals surface area contributed by atoms with Crippen molar-refractivity contribution in [2.45, 2.75) is 12.5 Å². The zero-order valence-corrected chi connectivity index (χ0v) is 20.9. The molecule has 0 saturated heterocycles. The van der Waals surface area contributed by atoms with E-state index in [0.717, 1.165) is 0 Å². The van der Waals surface area contributed by atoms with Gasteiger partial charge in [-0.25, -0.2) is 13.2 Å². The minimum absolute atomic E-state index is 0.00621. The third-order valence-electron chi connectivity index (χ3n) is 5.02. The van der Waals surface area contributed by atoms with Crippen LogP contribution in [0.1, 0.15) is 15.9 Å². The second kappa shape index (κ2) is 10.2. The predicted molar refractivity (Wildman–Crippen MR) is 136 cm³/mol. The molecule has 182 valence electrons. The van der Waals surface area contributed by atoms with E-state index in [9.17, 15) is 23.1 Å². The van der Waals surface area contributed by atoms with Crippen LogP contribution in [0, 0.1) is 0 Å². The number of nitrogens with zero attached hydrogens (tertiary/aromatic N) is 1. The molecule has 35 heavy (non-hydrogen) atoms. The summed E-state index contributed by atoms with van der Waals surface area (Å²) >= 11 is 13.1. The Kier molecular flexibility index (Phi) is 7.31. The van der Waals surface area contributed by atoms with E-state index < -0.39 is 27.9 Å². The highest BCUT2D eigenvalue weighted by Crippen LogP contribution is 2.34. The van der Waals surface area contributed by atoms with Crippen LogP contribution in [-0.4, -0.2) is 35.7 Å². The summed E-state index contributed by atoms with van der Waals surface area (Å²) in [6, 6.07) is 9.30. The number of halogens is 2. The van der Waals surface area contributed by atoms with Crippen LogP contribution in [0.5, 0.6) is 0 Å². The van der Waals surface area contributed by atoms with Crippen molar-refractivity contribution in [2.75, 3.05) is 4.72 Å². The topological polar surface area (TPSA) is 128 Å². The molecule has 0 saturated carbocycles. The summed E-state index contributed by atoms with van der Waals surface area (Å²) in [6.45, 7) is 0. The fourth-order valence-corrected chi connectivity index (χ4v) is 5.63. The first-order valence-corrected chi connectivity index (χ1v) is 13.1. The third-order valence-corrected chi connectivity index (χ3v) is 7.66. The van der Waals surface area contributed by atoms with E-state index in [1.165, 1.54) is 36.4 Å². The van der Waals surface area contributed by atoms with Crippen LogP contribution in [0.4, 0.5) is 5.69 Å². The highest BCUT2D eigenvalue weighted by molar-refractivity contribution is 7.97. The molecule has 0 aromatic heterocycles. The highest BCUT2D eigenvalue weighted by atomic mass is 35.5. The number of carbonyl (C=O) groups excluding carboxylic acids is 1. The van der Waals surface area contributed by atoms with Crippen molar-refractivity contribution in [3.8, 4) is 0 Å². The molecule has 2 aromatic carbocycles. The fourth-order valence-electron chi connectivity index (χ4n) is 3.35. The quantitative estimate of drug-likeness (QED) is 0.363. The van der Waals surface area contributed by atoms with Gasteiger partial charge in [0.1, 0.15) is 10.9 Å². The summed E-state index contributed by atoms with van der Waals surface area (Å²) in [5.74, 6) is -2.06. The van der Waals surface area contributed by atoms with Crippen LogP contribution in [0.2, 0.25) is 10.0 Å². The van der Waals surface area contributed by atoms with Crippen molar-refractivity contribution >= 4 is 62.9 Å². The summed E-state index contributed by atoms with van der Waals surface area (Å²) in [5, 5.41) is 12.8. The smallest absolute Gasteiger partial charge is 0.326 e. The molecular formula is C22H18Cl2N4O5S2. The second-order valence-corrected chi connectivity index (χ2v) is 10.8. The van der Waals surface area contributed by atoms with Crippen LogP contribution >= 0.6 is 35.3 Å². The maximum atomic E-state index is 13.2. The molecule has 2 aliphatic heterocycles. The van der Waals surface area contributed by atoms with E-state index in [-0.39, 0.29) is 27.6 Å². The molecule has 9 nitrogen and oxygen atoms in total. The lowest BCUT2D eigenvalue weighted by atomic mass is 10.1. The van der Waals surface area contributed by atoms with Crippen LogP contribution < -0.4 is 14.8 Å². The molecule has 1 atom stereocenters. The van der Waals surface area contributed by atoms with Gasteiger partial charge in [0.2, 0.25) is 0 Å². The average Bonchev–Trinajstić information content (AvgIpc) is 3.29.